The van der Waals surface area contributed by atoms with E-state index in [4.69, 9.17) is 9.97 Å². The van der Waals surface area contributed by atoms with Gasteiger partial charge in [-0.1, -0.05) is 182 Å². The van der Waals surface area contributed by atoms with E-state index in [1.54, 1.807) is 0 Å². The summed E-state index contributed by atoms with van der Waals surface area (Å²) < 4.78 is 17.7. The van der Waals surface area contributed by atoms with E-state index in [0.29, 0.717) is 5.95 Å². The summed E-state index contributed by atoms with van der Waals surface area (Å²) >= 11 is 0. The standard InChI is InChI=1S/C52H34N3OP/c56-57(41-18-8-3-9-19-41)50-23-13-11-21-43(50)45-32-49-44(33-51(45)57)42-20-10-12-22-48(42)55(49)52-53-46(39-28-24-37(25-29-39)35-14-4-1-5-15-35)34-47(54-52)40-30-26-38(27-31-40)36-16-6-2-7-17-36/h1-34H. The highest BCUT2D eigenvalue weighted by Gasteiger charge is 2.40. The molecule has 57 heavy (non-hydrogen) atoms. The highest BCUT2D eigenvalue weighted by Crippen LogP contribution is 2.53. The van der Waals surface area contributed by atoms with Gasteiger partial charge in [-0.2, -0.15) is 0 Å². The van der Waals surface area contributed by atoms with Crippen molar-refractivity contribution in [1.82, 2.24) is 14.5 Å². The molecule has 11 rings (SSSR count). The second-order valence-electron chi connectivity index (χ2n) is 14.5. The fraction of sp³-hybridized carbons (Fsp3) is 0. The summed E-state index contributed by atoms with van der Waals surface area (Å²) in [6.45, 7) is 0. The zero-order valence-corrected chi connectivity index (χ0v) is 31.7. The van der Waals surface area contributed by atoms with Gasteiger partial charge in [0.25, 0.3) is 0 Å². The average molecular weight is 748 g/mol. The van der Waals surface area contributed by atoms with Gasteiger partial charge in [0, 0.05) is 37.8 Å². The molecule has 8 aromatic carbocycles. The number of fused-ring (bicyclic) bond motifs is 6. The topological polar surface area (TPSA) is 47.8 Å². The largest absolute Gasteiger partial charge is 0.309 e. The molecule has 0 bridgehead atoms. The highest BCUT2D eigenvalue weighted by atomic mass is 31.2. The second-order valence-corrected chi connectivity index (χ2v) is 17.2. The van der Waals surface area contributed by atoms with Gasteiger partial charge in [-0.3, -0.25) is 4.57 Å². The van der Waals surface area contributed by atoms with Crippen molar-refractivity contribution >= 4 is 44.9 Å². The molecular weight excluding hydrogens is 714 g/mol. The summed E-state index contributed by atoms with van der Waals surface area (Å²) in [7, 11) is -3.14. The third-order valence-electron chi connectivity index (χ3n) is 11.3. The smallest absolute Gasteiger partial charge is 0.235 e. The summed E-state index contributed by atoms with van der Waals surface area (Å²) in [5, 5.41) is 4.67. The van der Waals surface area contributed by atoms with Gasteiger partial charge in [0.1, 0.15) is 0 Å². The van der Waals surface area contributed by atoms with E-state index in [2.05, 4.69) is 150 Å². The predicted octanol–water partition coefficient (Wildman–Crippen LogP) is 11.9. The molecule has 268 valence electrons. The van der Waals surface area contributed by atoms with E-state index in [1.165, 1.54) is 11.1 Å². The minimum atomic E-state index is -3.14. The van der Waals surface area contributed by atoms with Gasteiger partial charge in [0.05, 0.1) is 22.4 Å². The number of hydrogen-bond donors (Lipinski definition) is 0. The molecule has 2 aromatic heterocycles. The Morgan fingerprint density at radius 1 is 0.368 bits per heavy atom. The van der Waals surface area contributed by atoms with E-state index >= 15 is 4.57 Å². The van der Waals surface area contributed by atoms with Crippen LogP contribution >= 0.6 is 7.14 Å². The van der Waals surface area contributed by atoms with Gasteiger partial charge in [-0.25, -0.2) is 9.97 Å². The Bertz CT molecular complexity index is 3070. The maximum absolute atomic E-state index is 15.5. The molecule has 5 heteroatoms. The molecule has 0 radical (unpaired) electrons. The molecule has 0 saturated heterocycles. The number of rotatable bonds is 6. The van der Waals surface area contributed by atoms with E-state index < -0.39 is 7.14 Å². The predicted molar refractivity (Wildman–Crippen MR) is 237 cm³/mol. The lowest BCUT2D eigenvalue weighted by atomic mass is 10.0. The Hall–Kier alpha value is -7.13. The lowest BCUT2D eigenvalue weighted by Crippen LogP contribution is -2.20. The molecule has 0 N–H and O–H groups in total. The van der Waals surface area contributed by atoms with Crippen LogP contribution in [0, 0.1) is 0 Å². The Morgan fingerprint density at radius 3 is 1.47 bits per heavy atom. The van der Waals surface area contributed by atoms with Crippen LogP contribution in [0.2, 0.25) is 0 Å². The van der Waals surface area contributed by atoms with Gasteiger partial charge in [-0.15, -0.1) is 0 Å². The molecule has 1 unspecified atom stereocenters. The molecule has 1 atom stereocenters. The lowest BCUT2D eigenvalue weighted by molar-refractivity contribution is 0.593. The van der Waals surface area contributed by atoms with Crippen molar-refractivity contribution in [2.75, 3.05) is 0 Å². The van der Waals surface area contributed by atoms with Crippen LogP contribution in [0.3, 0.4) is 0 Å². The molecule has 4 nitrogen and oxygen atoms in total. The Kier molecular flexibility index (Phi) is 7.73. The van der Waals surface area contributed by atoms with Crippen LogP contribution in [-0.4, -0.2) is 14.5 Å². The molecule has 3 heterocycles. The molecule has 10 aromatic rings. The Balaban J connectivity index is 1.14. The summed E-state index contributed by atoms with van der Waals surface area (Å²) in [6, 6.07) is 71.1. The molecule has 0 amide bonds. The first-order chi connectivity index (χ1) is 28.1. The van der Waals surface area contributed by atoms with Crippen molar-refractivity contribution in [3.8, 4) is 61.8 Å². The van der Waals surface area contributed by atoms with Crippen molar-refractivity contribution in [1.29, 1.82) is 0 Å². The third kappa shape index (κ3) is 5.41. The van der Waals surface area contributed by atoms with Gasteiger partial charge in [0.2, 0.25) is 5.95 Å². The van der Waals surface area contributed by atoms with Crippen LogP contribution in [0.4, 0.5) is 0 Å². The van der Waals surface area contributed by atoms with E-state index in [-0.39, 0.29) is 0 Å². The average Bonchev–Trinajstić information content (AvgIpc) is 3.75. The fourth-order valence-electron chi connectivity index (χ4n) is 8.48. The molecule has 1 aliphatic heterocycles. The summed E-state index contributed by atoms with van der Waals surface area (Å²) in [6.07, 6.45) is 0. The number of hydrogen-bond acceptors (Lipinski definition) is 3. The van der Waals surface area contributed by atoms with Crippen molar-refractivity contribution < 1.29 is 4.57 Å². The minimum Gasteiger partial charge on any atom is -0.309 e. The van der Waals surface area contributed by atoms with Crippen molar-refractivity contribution in [3.05, 3.63) is 206 Å². The number of nitrogens with zero attached hydrogens (tertiary/aromatic N) is 3. The molecule has 0 fully saturated rings. The van der Waals surface area contributed by atoms with Crippen LogP contribution < -0.4 is 15.9 Å². The van der Waals surface area contributed by atoms with Gasteiger partial charge >= 0.3 is 0 Å². The van der Waals surface area contributed by atoms with Gasteiger partial charge < -0.3 is 4.57 Å². The van der Waals surface area contributed by atoms with E-state index in [0.717, 1.165) is 82.5 Å². The maximum atomic E-state index is 15.5. The SMILES string of the molecule is O=P1(c2ccccc2)c2ccccc2-c2cc3c(cc21)c1ccccc1n3-c1nc(-c2ccc(-c3ccccc3)cc2)cc(-c2ccc(-c3ccccc3)cc2)n1. The molecule has 1 aliphatic rings. The Morgan fingerprint density at radius 2 is 0.860 bits per heavy atom. The van der Waals surface area contributed by atoms with E-state index in [1.807, 2.05) is 60.7 Å². The first-order valence-corrected chi connectivity index (χ1v) is 20.9. The molecule has 0 saturated carbocycles. The normalized spacial score (nSPS) is 14.5. The maximum Gasteiger partial charge on any atom is 0.235 e. The first-order valence-electron chi connectivity index (χ1n) is 19.2. The van der Waals surface area contributed by atoms with Gasteiger partial charge in [0.15, 0.2) is 7.14 Å². The summed E-state index contributed by atoms with van der Waals surface area (Å²) in [4.78, 5) is 10.7. The van der Waals surface area contributed by atoms with Crippen LogP contribution in [0.1, 0.15) is 0 Å². The van der Waals surface area contributed by atoms with Crippen LogP contribution in [-0.2, 0) is 4.57 Å². The zero-order valence-electron chi connectivity index (χ0n) is 30.8. The number of para-hydroxylation sites is 1. The van der Waals surface area contributed by atoms with Crippen molar-refractivity contribution in [3.63, 3.8) is 0 Å². The van der Waals surface area contributed by atoms with Crippen molar-refractivity contribution in [2.45, 2.75) is 0 Å². The van der Waals surface area contributed by atoms with Crippen molar-refractivity contribution in [2.24, 2.45) is 0 Å². The quantitative estimate of drug-likeness (QED) is 0.159. The second kappa shape index (κ2) is 13.3. The van der Waals surface area contributed by atoms with Crippen LogP contribution in [0.15, 0.2) is 206 Å². The Labute approximate surface area is 330 Å². The zero-order chi connectivity index (χ0) is 37.9. The number of benzene rings is 8. The molecule has 0 spiro atoms. The number of aromatic nitrogens is 3. The monoisotopic (exact) mass is 747 g/mol. The molecular formula is C52H34N3OP. The van der Waals surface area contributed by atoms with E-state index in [9.17, 15) is 0 Å². The molecule has 0 aliphatic carbocycles. The summed E-state index contributed by atoms with van der Waals surface area (Å²) in [5.74, 6) is 0.574. The highest BCUT2D eigenvalue weighted by molar-refractivity contribution is 7.86. The third-order valence-corrected chi connectivity index (χ3v) is 14.4. The first kappa shape index (κ1) is 33.2. The summed E-state index contributed by atoms with van der Waals surface area (Å²) in [5.41, 5.74) is 12.2. The lowest BCUT2D eigenvalue weighted by Gasteiger charge is -2.16. The fourth-order valence-corrected chi connectivity index (χ4v) is 11.5. The van der Waals surface area contributed by atoms with Gasteiger partial charge in [-0.05, 0) is 57.6 Å². The minimum absolute atomic E-state index is 0.574. The van der Waals surface area contributed by atoms with Crippen LogP contribution in [0.25, 0.3) is 83.6 Å². The van der Waals surface area contributed by atoms with Crippen LogP contribution in [0.5, 0.6) is 0 Å².